The van der Waals surface area contributed by atoms with E-state index < -0.39 is 0 Å². The predicted octanol–water partition coefficient (Wildman–Crippen LogP) is 1.62. The molecule has 0 atom stereocenters. The molecule has 94 valence electrons. The fourth-order valence-electron chi connectivity index (χ4n) is 1.41. The Hall–Kier alpha value is -2.34. The Balaban J connectivity index is 2.20. The molecule has 6 heteroatoms. The molecule has 0 radical (unpaired) electrons. The van der Waals surface area contributed by atoms with E-state index in [9.17, 15) is 0 Å². The smallest absolute Gasteiger partial charge is 0.240 e. The molecule has 0 unspecified atom stereocenters. The Bertz CT molecular complexity index is 529. The van der Waals surface area contributed by atoms with Gasteiger partial charge in [-0.3, -0.25) is 5.43 Å². The summed E-state index contributed by atoms with van der Waals surface area (Å²) in [4.78, 5) is 9.99. The summed E-state index contributed by atoms with van der Waals surface area (Å²) in [6.07, 6.45) is 1.58. The van der Waals surface area contributed by atoms with Gasteiger partial charge in [0.1, 0.15) is 5.75 Å². The van der Waals surface area contributed by atoms with E-state index in [-0.39, 0.29) is 0 Å². The molecule has 1 heterocycles. The van der Waals surface area contributed by atoms with E-state index in [1.807, 2.05) is 43.3 Å². The van der Waals surface area contributed by atoms with E-state index in [2.05, 4.69) is 15.4 Å². The molecule has 0 saturated carbocycles. The molecule has 0 fully saturated rings. The van der Waals surface area contributed by atoms with Crippen molar-refractivity contribution in [3.05, 3.63) is 36.5 Å². The van der Waals surface area contributed by atoms with Crippen LogP contribution >= 0.6 is 0 Å². The fraction of sp³-hybridized carbons (Fsp3) is 0.167. The molecule has 0 spiro atoms. The lowest BCUT2D eigenvalue weighted by Gasteiger charge is -2.13. The molecule has 2 rings (SSSR count). The first-order valence-corrected chi connectivity index (χ1v) is 5.44. The van der Waals surface area contributed by atoms with Gasteiger partial charge in [-0.25, -0.2) is 10.8 Å². The highest BCUT2D eigenvalue weighted by Crippen LogP contribution is 2.24. The zero-order valence-electron chi connectivity index (χ0n) is 10.3. The van der Waals surface area contributed by atoms with Gasteiger partial charge in [-0.2, -0.15) is 4.98 Å². The van der Waals surface area contributed by atoms with Crippen molar-refractivity contribution >= 4 is 11.6 Å². The molecule has 1 aromatic heterocycles. The first-order chi connectivity index (χ1) is 8.69. The Morgan fingerprint density at radius 1 is 1.28 bits per heavy atom. The second-order valence-corrected chi connectivity index (χ2v) is 3.86. The molecule has 0 aliphatic rings. The first-order valence-electron chi connectivity index (χ1n) is 5.44. The first kappa shape index (κ1) is 12.1. The van der Waals surface area contributed by atoms with Crippen molar-refractivity contribution in [2.75, 3.05) is 24.4 Å². The summed E-state index contributed by atoms with van der Waals surface area (Å²) >= 11 is 0. The number of nitrogen functional groups attached to an aromatic ring is 1. The van der Waals surface area contributed by atoms with Gasteiger partial charge in [-0.05, 0) is 12.1 Å². The third-order valence-electron chi connectivity index (χ3n) is 2.32. The van der Waals surface area contributed by atoms with Crippen LogP contribution in [0.1, 0.15) is 0 Å². The standard InChI is InChI=1S/C12H15N5O/c1-17(2)9-4-3-5-10(8-9)18-11-6-7-14-12(15-11)16-13/h3-8H,13H2,1-2H3,(H,14,15,16). The summed E-state index contributed by atoms with van der Waals surface area (Å²) < 4.78 is 5.64. The van der Waals surface area contributed by atoms with Crippen molar-refractivity contribution in [2.24, 2.45) is 5.84 Å². The largest absolute Gasteiger partial charge is 0.439 e. The zero-order chi connectivity index (χ0) is 13.0. The number of benzene rings is 1. The van der Waals surface area contributed by atoms with Crippen LogP contribution in [0.15, 0.2) is 36.5 Å². The van der Waals surface area contributed by atoms with Gasteiger partial charge in [-0.15, -0.1) is 0 Å². The van der Waals surface area contributed by atoms with Gasteiger partial charge in [-0.1, -0.05) is 6.07 Å². The molecule has 0 saturated heterocycles. The highest BCUT2D eigenvalue weighted by atomic mass is 16.5. The molecule has 6 nitrogen and oxygen atoms in total. The zero-order valence-corrected chi connectivity index (χ0v) is 10.3. The summed E-state index contributed by atoms with van der Waals surface area (Å²) in [6.45, 7) is 0. The van der Waals surface area contributed by atoms with Crippen LogP contribution in [0.3, 0.4) is 0 Å². The highest BCUT2D eigenvalue weighted by Gasteiger charge is 2.02. The van der Waals surface area contributed by atoms with Crippen LogP contribution < -0.4 is 20.9 Å². The lowest BCUT2D eigenvalue weighted by Crippen LogP contribution is -2.10. The lowest BCUT2D eigenvalue weighted by molar-refractivity contribution is 0.462. The van der Waals surface area contributed by atoms with Crippen LogP contribution in [0.5, 0.6) is 11.6 Å². The van der Waals surface area contributed by atoms with E-state index in [1.54, 1.807) is 12.3 Å². The normalized spacial score (nSPS) is 9.94. The summed E-state index contributed by atoms with van der Waals surface area (Å²) in [5, 5.41) is 0. The number of nitrogens with zero attached hydrogens (tertiary/aromatic N) is 3. The number of hydrogen-bond donors (Lipinski definition) is 2. The summed E-state index contributed by atoms with van der Waals surface area (Å²) in [6, 6.07) is 9.39. The third-order valence-corrected chi connectivity index (χ3v) is 2.32. The van der Waals surface area contributed by atoms with Crippen LogP contribution in [0, 0.1) is 0 Å². The van der Waals surface area contributed by atoms with Crippen LogP contribution in [0.4, 0.5) is 11.6 Å². The maximum Gasteiger partial charge on any atom is 0.240 e. The molecule has 0 bridgehead atoms. The molecule has 2 aromatic rings. The van der Waals surface area contributed by atoms with Gasteiger partial charge >= 0.3 is 0 Å². The van der Waals surface area contributed by atoms with Gasteiger partial charge < -0.3 is 9.64 Å². The van der Waals surface area contributed by atoms with E-state index in [4.69, 9.17) is 10.6 Å². The average Bonchev–Trinajstić information content (AvgIpc) is 2.39. The van der Waals surface area contributed by atoms with Gasteiger partial charge in [0, 0.05) is 38.1 Å². The number of hydrazine groups is 1. The summed E-state index contributed by atoms with van der Waals surface area (Å²) in [5.41, 5.74) is 3.43. The number of anilines is 2. The maximum absolute atomic E-state index is 5.64. The second-order valence-electron chi connectivity index (χ2n) is 3.86. The van der Waals surface area contributed by atoms with Crippen molar-refractivity contribution in [2.45, 2.75) is 0 Å². The molecule has 0 aliphatic carbocycles. The van der Waals surface area contributed by atoms with Crippen molar-refractivity contribution < 1.29 is 4.74 Å². The van der Waals surface area contributed by atoms with Gasteiger partial charge in [0.2, 0.25) is 11.8 Å². The highest BCUT2D eigenvalue weighted by molar-refractivity contribution is 5.50. The Morgan fingerprint density at radius 3 is 2.83 bits per heavy atom. The number of rotatable bonds is 4. The van der Waals surface area contributed by atoms with Crippen LogP contribution in [0.2, 0.25) is 0 Å². The Kier molecular flexibility index (Phi) is 3.59. The van der Waals surface area contributed by atoms with Crippen LogP contribution in [-0.2, 0) is 0 Å². The maximum atomic E-state index is 5.64. The summed E-state index contributed by atoms with van der Waals surface area (Å²) in [5.74, 6) is 6.70. The molecular weight excluding hydrogens is 230 g/mol. The molecule has 0 aliphatic heterocycles. The van der Waals surface area contributed by atoms with Crippen molar-refractivity contribution in [3.8, 4) is 11.6 Å². The lowest BCUT2D eigenvalue weighted by atomic mass is 10.3. The Labute approximate surface area is 105 Å². The average molecular weight is 245 g/mol. The van der Waals surface area contributed by atoms with E-state index in [1.165, 1.54) is 0 Å². The quantitative estimate of drug-likeness (QED) is 0.629. The van der Waals surface area contributed by atoms with Crippen molar-refractivity contribution in [3.63, 3.8) is 0 Å². The SMILES string of the molecule is CN(C)c1cccc(Oc2ccnc(NN)n2)c1. The minimum atomic E-state index is 0.316. The monoisotopic (exact) mass is 245 g/mol. The predicted molar refractivity (Wildman–Crippen MR) is 70.7 cm³/mol. The third kappa shape index (κ3) is 2.86. The Morgan fingerprint density at radius 2 is 2.11 bits per heavy atom. The van der Waals surface area contributed by atoms with Gasteiger partial charge in [0.15, 0.2) is 0 Å². The molecule has 0 amide bonds. The van der Waals surface area contributed by atoms with E-state index >= 15 is 0 Å². The molecule has 1 aromatic carbocycles. The molecular formula is C12H15N5O. The van der Waals surface area contributed by atoms with Crippen molar-refractivity contribution in [1.82, 2.24) is 9.97 Å². The molecule has 3 N–H and O–H groups in total. The second kappa shape index (κ2) is 5.33. The van der Waals surface area contributed by atoms with E-state index in [0.717, 1.165) is 5.69 Å². The van der Waals surface area contributed by atoms with Gasteiger partial charge in [0.05, 0.1) is 0 Å². The van der Waals surface area contributed by atoms with Crippen molar-refractivity contribution in [1.29, 1.82) is 0 Å². The molecule has 18 heavy (non-hydrogen) atoms. The van der Waals surface area contributed by atoms with E-state index in [0.29, 0.717) is 17.6 Å². The minimum Gasteiger partial charge on any atom is -0.439 e. The van der Waals surface area contributed by atoms with Crippen LogP contribution in [-0.4, -0.2) is 24.1 Å². The topological polar surface area (TPSA) is 76.3 Å². The number of nitrogens with two attached hydrogens (primary N) is 1. The van der Waals surface area contributed by atoms with Gasteiger partial charge in [0.25, 0.3) is 0 Å². The van der Waals surface area contributed by atoms with Crippen LogP contribution in [0.25, 0.3) is 0 Å². The summed E-state index contributed by atoms with van der Waals surface area (Å²) in [7, 11) is 3.94. The number of hydrogen-bond acceptors (Lipinski definition) is 6. The number of nitrogens with one attached hydrogen (secondary N) is 1. The number of aromatic nitrogens is 2. The number of ether oxygens (including phenoxy) is 1. The minimum absolute atomic E-state index is 0.316. The fourth-order valence-corrected chi connectivity index (χ4v) is 1.41.